The van der Waals surface area contributed by atoms with Gasteiger partial charge in [-0.3, -0.25) is 0 Å². The number of benzene rings is 1. The number of alkyl halides is 1. The highest BCUT2D eigenvalue weighted by atomic mass is 79.9. The van der Waals surface area contributed by atoms with Gasteiger partial charge in [-0.2, -0.15) is 0 Å². The van der Waals surface area contributed by atoms with Crippen LogP contribution in [0.4, 0.5) is 0 Å². The number of thiophene rings is 1. The highest BCUT2D eigenvalue weighted by Crippen LogP contribution is 2.35. The first-order chi connectivity index (χ1) is 8.16. The summed E-state index contributed by atoms with van der Waals surface area (Å²) in [6.07, 6.45) is 0.209. The lowest BCUT2D eigenvalue weighted by Gasteiger charge is -2.13. The zero-order valence-corrected chi connectivity index (χ0v) is 12.3. The lowest BCUT2D eigenvalue weighted by atomic mass is 10.1. The average molecular weight is 311 g/mol. The van der Waals surface area contributed by atoms with Gasteiger partial charge in [-0.05, 0) is 43.0 Å². The van der Waals surface area contributed by atoms with Crippen molar-refractivity contribution in [2.75, 3.05) is 0 Å². The predicted molar refractivity (Wildman–Crippen MR) is 77.3 cm³/mol. The van der Waals surface area contributed by atoms with Gasteiger partial charge < -0.3 is 4.74 Å². The van der Waals surface area contributed by atoms with Crippen LogP contribution in [-0.2, 0) is 0 Å². The minimum Gasteiger partial charge on any atom is -0.491 e. The van der Waals surface area contributed by atoms with Gasteiger partial charge in [0.15, 0.2) is 0 Å². The van der Waals surface area contributed by atoms with Crippen LogP contribution in [0, 0.1) is 0 Å². The first kappa shape index (κ1) is 12.7. The van der Waals surface area contributed by atoms with Gasteiger partial charge in [0.2, 0.25) is 0 Å². The summed E-state index contributed by atoms with van der Waals surface area (Å²) in [7, 11) is 0. The Morgan fingerprint density at radius 3 is 2.65 bits per heavy atom. The maximum absolute atomic E-state index is 5.70. The molecule has 0 spiro atoms. The van der Waals surface area contributed by atoms with E-state index < -0.39 is 0 Å². The maximum Gasteiger partial charge on any atom is 0.120 e. The second kappa shape index (κ2) is 5.69. The summed E-state index contributed by atoms with van der Waals surface area (Å²) in [6, 6.07) is 12.5. The smallest absolute Gasteiger partial charge is 0.120 e. The molecule has 0 amide bonds. The molecule has 0 radical (unpaired) electrons. The number of hydrogen-bond acceptors (Lipinski definition) is 2. The van der Waals surface area contributed by atoms with E-state index in [1.165, 1.54) is 10.4 Å². The van der Waals surface area contributed by atoms with Crippen LogP contribution in [0.15, 0.2) is 41.8 Å². The first-order valence-electron chi connectivity index (χ1n) is 5.61. The zero-order chi connectivity index (χ0) is 12.3. The van der Waals surface area contributed by atoms with Crippen molar-refractivity contribution in [3.8, 4) is 5.75 Å². The van der Waals surface area contributed by atoms with Crippen molar-refractivity contribution in [1.29, 1.82) is 0 Å². The van der Waals surface area contributed by atoms with Crippen LogP contribution in [0.1, 0.15) is 29.1 Å². The second-order valence-electron chi connectivity index (χ2n) is 4.12. The van der Waals surface area contributed by atoms with Crippen molar-refractivity contribution in [2.45, 2.75) is 24.8 Å². The van der Waals surface area contributed by atoms with Crippen LogP contribution in [0.5, 0.6) is 5.75 Å². The molecule has 0 aliphatic rings. The monoisotopic (exact) mass is 310 g/mol. The fourth-order valence-corrected chi connectivity index (χ4v) is 3.11. The molecule has 2 aromatic rings. The normalized spacial score (nSPS) is 12.7. The maximum atomic E-state index is 5.70. The quantitative estimate of drug-likeness (QED) is 0.720. The van der Waals surface area contributed by atoms with Crippen molar-refractivity contribution < 1.29 is 4.74 Å². The third-order valence-electron chi connectivity index (χ3n) is 2.32. The molecule has 0 aliphatic carbocycles. The Kier molecular flexibility index (Phi) is 4.24. The van der Waals surface area contributed by atoms with Crippen molar-refractivity contribution in [2.24, 2.45) is 0 Å². The van der Waals surface area contributed by atoms with E-state index in [2.05, 4.69) is 45.6 Å². The molecule has 1 nitrogen and oxygen atoms in total. The van der Waals surface area contributed by atoms with E-state index in [1.54, 1.807) is 11.3 Å². The summed E-state index contributed by atoms with van der Waals surface area (Å²) in [5.41, 5.74) is 1.23. The fourth-order valence-electron chi connectivity index (χ4n) is 1.62. The molecule has 2 rings (SSSR count). The van der Waals surface area contributed by atoms with Crippen LogP contribution < -0.4 is 4.74 Å². The molecule has 0 saturated heterocycles. The lowest BCUT2D eigenvalue weighted by Crippen LogP contribution is -2.05. The second-order valence-corrected chi connectivity index (χ2v) is 6.01. The Labute approximate surface area is 115 Å². The Balaban J connectivity index is 2.21. The molecule has 0 aliphatic heterocycles. The fraction of sp³-hybridized carbons (Fsp3) is 0.286. The molecule has 1 atom stereocenters. The van der Waals surface area contributed by atoms with Gasteiger partial charge in [-0.1, -0.05) is 34.1 Å². The number of hydrogen-bond donors (Lipinski definition) is 0. The summed E-state index contributed by atoms with van der Waals surface area (Å²) >= 11 is 5.49. The summed E-state index contributed by atoms with van der Waals surface area (Å²) in [5, 5.41) is 2.10. The molecule has 3 heteroatoms. The van der Waals surface area contributed by atoms with E-state index in [0.717, 1.165) is 5.75 Å². The lowest BCUT2D eigenvalue weighted by molar-refractivity contribution is 0.242. The van der Waals surface area contributed by atoms with Gasteiger partial charge in [0, 0.05) is 4.88 Å². The third-order valence-corrected chi connectivity index (χ3v) is 4.58. The zero-order valence-electron chi connectivity index (χ0n) is 9.89. The molecule has 0 N–H and O–H groups in total. The Hall–Kier alpha value is -0.800. The molecule has 0 fully saturated rings. The Morgan fingerprint density at radius 2 is 2.00 bits per heavy atom. The average Bonchev–Trinajstić information content (AvgIpc) is 2.81. The van der Waals surface area contributed by atoms with E-state index in [4.69, 9.17) is 4.74 Å². The number of ether oxygens (including phenoxy) is 1. The van der Waals surface area contributed by atoms with Crippen molar-refractivity contribution in [1.82, 2.24) is 0 Å². The van der Waals surface area contributed by atoms with E-state index >= 15 is 0 Å². The van der Waals surface area contributed by atoms with Gasteiger partial charge in [-0.15, -0.1) is 11.3 Å². The highest BCUT2D eigenvalue weighted by Gasteiger charge is 2.12. The van der Waals surface area contributed by atoms with Gasteiger partial charge in [0.05, 0.1) is 10.9 Å². The molecular formula is C14H15BrOS. The largest absolute Gasteiger partial charge is 0.491 e. The Bertz CT molecular complexity index is 465. The standard InChI is InChI=1S/C14H15BrOS/c1-10(2)16-12-6-3-5-11(9-12)14(15)13-7-4-8-17-13/h3-10,14H,1-2H3. The minimum atomic E-state index is 0.209. The number of halogens is 1. The molecule has 1 unspecified atom stereocenters. The molecule has 1 aromatic heterocycles. The van der Waals surface area contributed by atoms with Crippen LogP contribution in [0.25, 0.3) is 0 Å². The molecule has 0 saturated carbocycles. The first-order valence-corrected chi connectivity index (χ1v) is 7.40. The summed E-state index contributed by atoms with van der Waals surface area (Å²) in [6.45, 7) is 4.08. The van der Waals surface area contributed by atoms with Crippen LogP contribution in [0.2, 0.25) is 0 Å². The van der Waals surface area contributed by atoms with E-state index in [0.29, 0.717) is 0 Å². The molecule has 0 bridgehead atoms. The highest BCUT2D eigenvalue weighted by molar-refractivity contribution is 9.09. The number of rotatable bonds is 4. The summed E-state index contributed by atoms with van der Waals surface area (Å²) < 4.78 is 5.70. The van der Waals surface area contributed by atoms with Crippen LogP contribution >= 0.6 is 27.3 Å². The van der Waals surface area contributed by atoms with E-state index in [-0.39, 0.29) is 10.9 Å². The molecule has 1 heterocycles. The van der Waals surface area contributed by atoms with Crippen LogP contribution in [0.3, 0.4) is 0 Å². The third kappa shape index (κ3) is 3.33. The summed E-state index contributed by atoms with van der Waals surface area (Å²) in [4.78, 5) is 1.56. The van der Waals surface area contributed by atoms with Crippen molar-refractivity contribution >= 4 is 27.3 Å². The SMILES string of the molecule is CC(C)Oc1cccc(C(Br)c2cccs2)c1. The summed E-state index contributed by atoms with van der Waals surface area (Å²) in [5.74, 6) is 0.929. The van der Waals surface area contributed by atoms with Gasteiger partial charge in [0.1, 0.15) is 5.75 Å². The molecule has 90 valence electrons. The van der Waals surface area contributed by atoms with Gasteiger partial charge in [0.25, 0.3) is 0 Å². The van der Waals surface area contributed by atoms with Crippen molar-refractivity contribution in [3.05, 3.63) is 52.2 Å². The Morgan fingerprint density at radius 1 is 1.18 bits per heavy atom. The van der Waals surface area contributed by atoms with Gasteiger partial charge in [-0.25, -0.2) is 0 Å². The van der Waals surface area contributed by atoms with Crippen molar-refractivity contribution in [3.63, 3.8) is 0 Å². The van der Waals surface area contributed by atoms with Crippen LogP contribution in [-0.4, -0.2) is 6.10 Å². The molecule has 17 heavy (non-hydrogen) atoms. The predicted octanol–water partition coefficient (Wildman–Crippen LogP) is 5.02. The van der Waals surface area contributed by atoms with E-state index in [1.807, 2.05) is 26.0 Å². The topological polar surface area (TPSA) is 9.23 Å². The molecular weight excluding hydrogens is 296 g/mol. The molecule has 1 aromatic carbocycles. The van der Waals surface area contributed by atoms with Gasteiger partial charge >= 0.3 is 0 Å². The minimum absolute atomic E-state index is 0.209. The van der Waals surface area contributed by atoms with E-state index in [9.17, 15) is 0 Å².